The van der Waals surface area contributed by atoms with Crippen LogP contribution in [-0.4, -0.2) is 23.2 Å². The molecule has 1 aromatic heterocycles. The second-order valence-electron chi connectivity index (χ2n) is 4.52. The minimum Gasteiger partial charge on any atom is -0.392 e. The number of rotatable bonds is 2. The van der Waals surface area contributed by atoms with E-state index in [0.717, 1.165) is 25.9 Å². The molecule has 1 saturated heterocycles. The van der Waals surface area contributed by atoms with Crippen molar-refractivity contribution in [2.24, 2.45) is 0 Å². The van der Waals surface area contributed by atoms with Gasteiger partial charge in [-0.3, -0.25) is 0 Å². The third-order valence-corrected chi connectivity index (χ3v) is 3.28. The average Bonchev–Trinajstić information content (AvgIpc) is 2.30. The first kappa shape index (κ1) is 12.3. The molecule has 0 unspecified atom stereocenters. The van der Waals surface area contributed by atoms with Gasteiger partial charge < -0.3 is 10.0 Å². The second kappa shape index (κ2) is 5.96. The molecule has 1 fully saturated rings. The Morgan fingerprint density at radius 2 is 1.82 bits per heavy atom. The van der Waals surface area contributed by atoms with Gasteiger partial charge in [-0.25, -0.2) is 9.37 Å². The molecule has 1 N–H and O–H groups in total. The maximum absolute atomic E-state index is 14.0. The fraction of sp³-hybridized carbons (Fsp3) is 0.615. The van der Waals surface area contributed by atoms with Gasteiger partial charge in [-0.1, -0.05) is 19.3 Å². The summed E-state index contributed by atoms with van der Waals surface area (Å²) in [5.74, 6) is 0.0361. The summed E-state index contributed by atoms with van der Waals surface area (Å²) in [4.78, 5) is 6.13. The van der Waals surface area contributed by atoms with Crippen LogP contribution in [0.15, 0.2) is 12.3 Å². The highest BCUT2D eigenvalue weighted by molar-refractivity contribution is 5.42. The van der Waals surface area contributed by atoms with E-state index in [1.54, 1.807) is 6.20 Å². The van der Waals surface area contributed by atoms with Crippen LogP contribution in [0.25, 0.3) is 0 Å². The number of anilines is 1. The van der Waals surface area contributed by atoms with Gasteiger partial charge in [0.05, 0.1) is 6.61 Å². The summed E-state index contributed by atoms with van der Waals surface area (Å²) < 4.78 is 14.0. The van der Waals surface area contributed by atoms with Crippen molar-refractivity contribution < 1.29 is 9.50 Å². The van der Waals surface area contributed by atoms with Gasteiger partial charge in [-0.2, -0.15) is 0 Å². The Morgan fingerprint density at radius 1 is 1.18 bits per heavy atom. The fourth-order valence-electron chi connectivity index (χ4n) is 2.27. The lowest BCUT2D eigenvalue weighted by Crippen LogP contribution is -2.29. The summed E-state index contributed by atoms with van der Waals surface area (Å²) in [5.41, 5.74) is 0.331. The lowest BCUT2D eigenvalue weighted by molar-refractivity contribution is 0.275. The molecule has 17 heavy (non-hydrogen) atoms. The number of aliphatic hydroxyl groups is 1. The molecule has 3 nitrogen and oxygen atoms in total. The van der Waals surface area contributed by atoms with Crippen molar-refractivity contribution >= 4 is 5.82 Å². The number of hydrogen-bond acceptors (Lipinski definition) is 3. The molecule has 0 aliphatic carbocycles. The van der Waals surface area contributed by atoms with Gasteiger partial charge in [0, 0.05) is 24.8 Å². The molecule has 2 heterocycles. The van der Waals surface area contributed by atoms with Crippen molar-refractivity contribution in [3.63, 3.8) is 0 Å². The Bertz CT molecular complexity index is 362. The number of pyridine rings is 1. The Hall–Kier alpha value is -1.16. The summed E-state index contributed by atoms with van der Waals surface area (Å²) in [6, 6.07) is 1.53. The van der Waals surface area contributed by atoms with Crippen LogP contribution in [0.1, 0.15) is 37.7 Å². The van der Waals surface area contributed by atoms with E-state index in [0.29, 0.717) is 11.4 Å². The summed E-state index contributed by atoms with van der Waals surface area (Å²) in [7, 11) is 0. The van der Waals surface area contributed by atoms with Crippen LogP contribution >= 0.6 is 0 Å². The summed E-state index contributed by atoms with van der Waals surface area (Å²) >= 11 is 0. The lowest BCUT2D eigenvalue weighted by atomic mass is 10.1. The zero-order chi connectivity index (χ0) is 12.1. The van der Waals surface area contributed by atoms with Gasteiger partial charge in [-0.05, 0) is 18.9 Å². The van der Waals surface area contributed by atoms with E-state index in [1.165, 1.54) is 25.3 Å². The molecule has 0 spiro atoms. The molecule has 0 saturated carbocycles. The van der Waals surface area contributed by atoms with Gasteiger partial charge in [-0.15, -0.1) is 0 Å². The van der Waals surface area contributed by atoms with Crippen LogP contribution < -0.4 is 4.90 Å². The van der Waals surface area contributed by atoms with E-state index in [9.17, 15) is 4.39 Å². The van der Waals surface area contributed by atoms with Crippen LogP contribution in [0, 0.1) is 5.82 Å². The van der Waals surface area contributed by atoms with Crippen LogP contribution in [-0.2, 0) is 6.61 Å². The first-order valence-corrected chi connectivity index (χ1v) is 6.32. The zero-order valence-corrected chi connectivity index (χ0v) is 10.0. The molecule has 0 radical (unpaired) electrons. The minimum atomic E-state index is -0.365. The summed E-state index contributed by atoms with van der Waals surface area (Å²) in [6.45, 7) is 1.45. The molecule has 94 valence electrons. The Labute approximate surface area is 101 Å². The normalized spacial score (nSPS) is 17.6. The van der Waals surface area contributed by atoms with E-state index in [2.05, 4.69) is 4.98 Å². The van der Waals surface area contributed by atoms with E-state index in [4.69, 9.17) is 5.11 Å². The molecule has 2 rings (SSSR count). The molecule has 0 bridgehead atoms. The number of hydrogen-bond donors (Lipinski definition) is 1. The molecular weight excluding hydrogens is 219 g/mol. The predicted molar refractivity (Wildman–Crippen MR) is 65.4 cm³/mol. The lowest BCUT2D eigenvalue weighted by Gasteiger charge is -2.26. The molecule has 0 aromatic carbocycles. The standard InChI is InChI=1S/C13H19FN2O/c14-12-11(10-17)6-7-15-13(12)16-8-4-2-1-3-5-9-16/h6-7,17H,1-5,8-10H2. The maximum atomic E-state index is 14.0. The third kappa shape index (κ3) is 2.94. The molecular formula is C13H19FN2O. The maximum Gasteiger partial charge on any atom is 0.171 e. The number of aromatic nitrogens is 1. The highest BCUT2D eigenvalue weighted by Crippen LogP contribution is 2.22. The van der Waals surface area contributed by atoms with Crippen molar-refractivity contribution in [3.05, 3.63) is 23.6 Å². The number of halogens is 1. The quantitative estimate of drug-likeness (QED) is 0.860. The monoisotopic (exact) mass is 238 g/mol. The highest BCUT2D eigenvalue weighted by atomic mass is 19.1. The highest BCUT2D eigenvalue weighted by Gasteiger charge is 2.16. The summed E-state index contributed by atoms with van der Waals surface area (Å²) in [5, 5.41) is 9.06. The van der Waals surface area contributed by atoms with Crippen LogP contribution in [0.3, 0.4) is 0 Å². The van der Waals surface area contributed by atoms with Gasteiger partial charge >= 0.3 is 0 Å². The molecule has 1 aliphatic rings. The van der Waals surface area contributed by atoms with E-state index < -0.39 is 0 Å². The van der Waals surface area contributed by atoms with Crippen LogP contribution in [0.2, 0.25) is 0 Å². The van der Waals surface area contributed by atoms with Crippen molar-refractivity contribution in [2.45, 2.75) is 38.7 Å². The SMILES string of the molecule is OCc1ccnc(N2CCCCCCC2)c1F. The number of nitrogens with zero attached hydrogens (tertiary/aromatic N) is 2. The van der Waals surface area contributed by atoms with Gasteiger partial charge in [0.15, 0.2) is 11.6 Å². The molecule has 1 aromatic rings. The van der Waals surface area contributed by atoms with Crippen molar-refractivity contribution in [1.29, 1.82) is 0 Å². The average molecular weight is 238 g/mol. The van der Waals surface area contributed by atoms with Gasteiger partial charge in [0.1, 0.15) is 0 Å². The fourth-order valence-corrected chi connectivity index (χ4v) is 2.27. The van der Waals surface area contributed by atoms with E-state index in [1.807, 2.05) is 4.90 Å². The molecule has 0 atom stereocenters. The minimum absolute atomic E-state index is 0.269. The van der Waals surface area contributed by atoms with Crippen LogP contribution in [0.5, 0.6) is 0 Å². The van der Waals surface area contributed by atoms with Crippen LogP contribution in [0.4, 0.5) is 10.2 Å². The zero-order valence-electron chi connectivity index (χ0n) is 10.0. The topological polar surface area (TPSA) is 36.4 Å². The molecule has 4 heteroatoms. The van der Waals surface area contributed by atoms with Crippen molar-refractivity contribution in [3.8, 4) is 0 Å². The van der Waals surface area contributed by atoms with E-state index in [-0.39, 0.29) is 12.4 Å². The smallest absolute Gasteiger partial charge is 0.171 e. The van der Waals surface area contributed by atoms with Gasteiger partial charge in [0.25, 0.3) is 0 Å². The third-order valence-electron chi connectivity index (χ3n) is 3.28. The first-order chi connectivity index (χ1) is 8.33. The van der Waals surface area contributed by atoms with E-state index >= 15 is 0 Å². The van der Waals surface area contributed by atoms with Gasteiger partial charge in [0.2, 0.25) is 0 Å². The Kier molecular flexibility index (Phi) is 4.31. The Morgan fingerprint density at radius 3 is 2.47 bits per heavy atom. The predicted octanol–water partition coefficient (Wildman–Crippen LogP) is 2.48. The largest absolute Gasteiger partial charge is 0.392 e. The molecule has 0 amide bonds. The first-order valence-electron chi connectivity index (χ1n) is 6.32. The number of aliphatic hydroxyl groups excluding tert-OH is 1. The van der Waals surface area contributed by atoms with Crippen molar-refractivity contribution in [2.75, 3.05) is 18.0 Å². The second-order valence-corrected chi connectivity index (χ2v) is 4.52. The Balaban J connectivity index is 2.19. The van der Waals surface area contributed by atoms with Crippen molar-refractivity contribution in [1.82, 2.24) is 4.98 Å². The summed E-state index contributed by atoms with van der Waals surface area (Å²) in [6.07, 6.45) is 7.44. The molecule has 1 aliphatic heterocycles.